The highest BCUT2D eigenvalue weighted by Crippen LogP contribution is 2.35. The van der Waals surface area contributed by atoms with E-state index in [1.54, 1.807) is 40.6 Å². The number of pyridine rings is 1. The Morgan fingerprint density at radius 3 is 2.57 bits per heavy atom. The van der Waals surface area contributed by atoms with E-state index in [1.165, 1.54) is 5.56 Å². The number of hydrogen-bond donors (Lipinski definition) is 1. The van der Waals surface area contributed by atoms with Crippen molar-refractivity contribution in [3.8, 4) is 11.1 Å². The zero-order valence-electron chi connectivity index (χ0n) is 15.4. The van der Waals surface area contributed by atoms with Gasteiger partial charge in [-0.25, -0.2) is 0 Å². The van der Waals surface area contributed by atoms with E-state index in [4.69, 9.17) is 5.73 Å². The molecular weight excluding hydrogens is 370 g/mol. The topological polar surface area (TPSA) is 76.3 Å². The van der Waals surface area contributed by atoms with Crippen LogP contribution in [-0.2, 0) is 11.2 Å². The van der Waals surface area contributed by atoms with E-state index in [9.17, 15) is 9.59 Å². The van der Waals surface area contributed by atoms with Gasteiger partial charge in [0, 0.05) is 19.3 Å². The van der Waals surface area contributed by atoms with Crippen LogP contribution < -0.4 is 5.73 Å². The molecular formula is C22H21N3O2S. The molecule has 28 heavy (non-hydrogen) atoms. The molecule has 0 radical (unpaired) electrons. The maximum absolute atomic E-state index is 12.7. The first-order valence-corrected chi connectivity index (χ1v) is 10.1. The van der Waals surface area contributed by atoms with Crippen molar-refractivity contribution >= 4 is 23.2 Å². The van der Waals surface area contributed by atoms with Crippen LogP contribution in [0.5, 0.6) is 0 Å². The number of hydrogen-bond acceptors (Lipinski definition) is 4. The Kier molecular flexibility index (Phi) is 4.96. The van der Waals surface area contributed by atoms with Gasteiger partial charge in [-0.1, -0.05) is 30.3 Å². The quantitative estimate of drug-likeness (QED) is 0.724. The molecule has 0 unspecified atom stereocenters. The molecule has 2 aromatic heterocycles. The van der Waals surface area contributed by atoms with Crippen LogP contribution in [0.3, 0.4) is 0 Å². The third-order valence-electron chi connectivity index (χ3n) is 5.40. The van der Waals surface area contributed by atoms with Crippen LogP contribution in [0.2, 0.25) is 0 Å². The predicted octanol–water partition coefficient (Wildman–Crippen LogP) is 3.37. The number of nitrogens with zero attached hydrogens (tertiary/aromatic N) is 2. The molecule has 0 spiro atoms. The van der Waals surface area contributed by atoms with E-state index in [0.717, 1.165) is 11.1 Å². The summed E-state index contributed by atoms with van der Waals surface area (Å²) in [6, 6.07) is 15.6. The molecule has 1 atom stereocenters. The molecule has 5 nitrogen and oxygen atoms in total. The SMILES string of the molecule is NC(=O)[C@]1(Cc2ccc(-c3ccsc3)cc2)CCN(C(=O)c2ccccn2)C1. The zero-order chi connectivity index (χ0) is 19.6. The van der Waals surface area contributed by atoms with Crippen LogP contribution in [0, 0.1) is 5.41 Å². The smallest absolute Gasteiger partial charge is 0.272 e. The minimum atomic E-state index is -0.742. The van der Waals surface area contributed by atoms with Gasteiger partial charge in [-0.15, -0.1) is 0 Å². The van der Waals surface area contributed by atoms with Crippen molar-refractivity contribution in [1.82, 2.24) is 9.88 Å². The fraction of sp³-hybridized carbons (Fsp3) is 0.227. The van der Waals surface area contributed by atoms with Crippen molar-refractivity contribution in [3.05, 3.63) is 76.7 Å². The van der Waals surface area contributed by atoms with Crippen molar-refractivity contribution in [2.24, 2.45) is 11.1 Å². The molecule has 6 heteroatoms. The Morgan fingerprint density at radius 2 is 1.93 bits per heavy atom. The highest BCUT2D eigenvalue weighted by Gasteiger charge is 2.45. The Labute approximate surface area is 167 Å². The van der Waals surface area contributed by atoms with Gasteiger partial charge in [0.1, 0.15) is 5.69 Å². The molecule has 0 aliphatic carbocycles. The third-order valence-corrected chi connectivity index (χ3v) is 6.08. The Bertz CT molecular complexity index is 971. The largest absolute Gasteiger partial charge is 0.369 e. The Hall–Kier alpha value is -2.99. The molecule has 1 fully saturated rings. The van der Waals surface area contributed by atoms with E-state index in [0.29, 0.717) is 31.6 Å². The minimum absolute atomic E-state index is 0.156. The number of thiophene rings is 1. The lowest BCUT2D eigenvalue weighted by atomic mass is 9.80. The highest BCUT2D eigenvalue weighted by molar-refractivity contribution is 7.08. The molecule has 2 N–H and O–H groups in total. The molecule has 1 aromatic carbocycles. The van der Waals surface area contributed by atoms with Crippen LogP contribution in [0.4, 0.5) is 0 Å². The van der Waals surface area contributed by atoms with Crippen LogP contribution >= 0.6 is 11.3 Å². The molecule has 0 saturated carbocycles. The number of rotatable bonds is 5. The first kappa shape index (κ1) is 18.4. The number of carbonyl (C=O) groups excluding carboxylic acids is 2. The van der Waals surface area contributed by atoms with Gasteiger partial charge in [-0.3, -0.25) is 14.6 Å². The fourth-order valence-electron chi connectivity index (χ4n) is 3.76. The number of primary amides is 1. The fourth-order valence-corrected chi connectivity index (χ4v) is 4.43. The number of benzene rings is 1. The Balaban J connectivity index is 1.51. The van der Waals surface area contributed by atoms with Gasteiger partial charge in [0.05, 0.1) is 5.41 Å². The number of likely N-dealkylation sites (tertiary alicyclic amines) is 1. The van der Waals surface area contributed by atoms with Crippen molar-refractivity contribution in [3.63, 3.8) is 0 Å². The summed E-state index contributed by atoms with van der Waals surface area (Å²) in [5.74, 6) is -0.512. The minimum Gasteiger partial charge on any atom is -0.369 e. The molecule has 0 bridgehead atoms. The number of aromatic nitrogens is 1. The third kappa shape index (κ3) is 3.55. The molecule has 142 valence electrons. The summed E-state index contributed by atoms with van der Waals surface area (Å²) >= 11 is 1.67. The second-order valence-corrected chi connectivity index (χ2v) is 8.00. The van der Waals surface area contributed by atoms with Gasteiger partial charge in [-0.2, -0.15) is 11.3 Å². The first-order chi connectivity index (χ1) is 13.6. The van der Waals surface area contributed by atoms with Crippen LogP contribution in [-0.4, -0.2) is 34.8 Å². The summed E-state index contributed by atoms with van der Waals surface area (Å²) in [7, 11) is 0. The lowest BCUT2D eigenvalue weighted by molar-refractivity contribution is -0.126. The van der Waals surface area contributed by atoms with E-state index in [1.807, 2.05) is 12.1 Å². The van der Waals surface area contributed by atoms with Crippen molar-refractivity contribution in [1.29, 1.82) is 0 Å². The van der Waals surface area contributed by atoms with E-state index in [-0.39, 0.29) is 11.8 Å². The predicted molar refractivity (Wildman–Crippen MR) is 110 cm³/mol. The van der Waals surface area contributed by atoms with Crippen LogP contribution in [0.25, 0.3) is 11.1 Å². The number of nitrogens with two attached hydrogens (primary N) is 1. The molecule has 1 aliphatic rings. The second kappa shape index (κ2) is 7.56. The normalized spacial score (nSPS) is 18.9. The second-order valence-electron chi connectivity index (χ2n) is 7.22. The number of amides is 2. The zero-order valence-corrected chi connectivity index (χ0v) is 16.2. The van der Waals surface area contributed by atoms with E-state index >= 15 is 0 Å². The number of carbonyl (C=O) groups is 2. The lowest BCUT2D eigenvalue weighted by Gasteiger charge is -2.26. The van der Waals surface area contributed by atoms with E-state index in [2.05, 4.69) is 33.9 Å². The van der Waals surface area contributed by atoms with E-state index < -0.39 is 5.41 Å². The molecule has 3 heterocycles. The van der Waals surface area contributed by atoms with Crippen LogP contribution in [0.15, 0.2) is 65.5 Å². The van der Waals surface area contributed by atoms with Crippen molar-refractivity contribution < 1.29 is 9.59 Å². The summed E-state index contributed by atoms with van der Waals surface area (Å²) in [6.45, 7) is 0.829. The highest BCUT2D eigenvalue weighted by atomic mass is 32.1. The van der Waals surface area contributed by atoms with Gasteiger partial charge >= 0.3 is 0 Å². The average Bonchev–Trinajstić information content (AvgIpc) is 3.40. The monoisotopic (exact) mass is 391 g/mol. The average molecular weight is 391 g/mol. The molecule has 4 rings (SSSR count). The van der Waals surface area contributed by atoms with Crippen molar-refractivity contribution in [2.75, 3.05) is 13.1 Å². The summed E-state index contributed by atoms with van der Waals surface area (Å²) in [6.07, 6.45) is 2.69. The van der Waals surface area contributed by atoms with Gasteiger partial charge in [0.15, 0.2) is 0 Å². The summed E-state index contributed by atoms with van der Waals surface area (Å²) in [5.41, 5.74) is 8.83. The maximum Gasteiger partial charge on any atom is 0.272 e. The summed E-state index contributed by atoms with van der Waals surface area (Å²) < 4.78 is 0. The van der Waals surface area contributed by atoms with Crippen molar-refractivity contribution in [2.45, 2.75) is 12.8 Å². The lowest BCUT2D eigenvalue weighted by Crippen LogP contribution is -2.42. The Morgan fingerprint density at radius 1 is 1.11 bits per heavy atom. The standard InChI is InChI=1S/C22H21N3O2S/c23-21(27)22(9-11-25(15-22)20(26)19-3-1-2-10-24-19)13-16-4-6-17(7-5-16)18-8-12-28-14-18/h1-8,10,12,14H,9,11,13,15H2,(H2,23,27)/t22-/m0/s1. The molecule has 3 aromatic rings. The van der Waals surface area contributed by atoms with Gasteiger partial charge in [-0.05, 0) is 58.5 Å². The maximum atomic E-state index is 12.7. The first-order valence-electron chi connectivity index (χ1n) is 9.19. The van der Waals surface area contributed by atoms with Crippen LogP contribution in [0.1, 0.15) is 22.5 Å². The molecule has 1 aliphatic heterocycles. The summed E-state index contributed by atoms with van der Waals surface area (Å²) in [5, 5.41) is 4.16. The van der Waals surface area contributed by atoms with Gasteiger partial charge < -0.3 is 10.6 Å². The van der Waals surface area contributed by atoms with Gasteiger partial charge in [0.25, 0.3) is 5.91 Å². The molecule has 1 saturated heterocycles. The molecule has 2 amide bonds. The van der Waals surface area contributed by atoms with Gasteiger partial charge in [0.2, 0.25) is 5.91 Å². The summed E-state index contributed by atoms with van der Waals surface area (Å²) in [4.78, 5) is 30.9.